The van der Waals surface area contributed by atoms with E-state index < -0.39 is 5.97 Å². The molecule has 4 aromatic rings. The first kappa shape index (κ1) is 27.1. The molecule has 0 saturated carbocycles. The van der Waals surface area contributed by atoms with Gasteiger partial charge in [-0.15, -0.1) is 11.3 Å². The average molecular weight is 541 g/mol. The third-order valence-electron chi connectivity index (χ3n) is 7.86. The van der Waals surface area contributed by atoms with Crippen molar-refractivity contribution in [2.24, 2.45) is 11.3 Å². The van der Waals surface area contributed by atoms with Gasteiger partial charge in [-0.1, -0.05) is 76.6 Å². The summed E-state index contributed by atoms with van der Waals surface area (Å²) < 4.78 is 5.16. The lowest BCUT2D eigenvalue weighted by Gasteiger charge is -2.33. The number of hydrogen-bond acceptors (Lipinski definition) is 5. The fourth-order valence-electron chi connectivity index (χ4n) is 5.54. The van der Waals surface area contributed by atoms with Crippen LogP contribution in [-0.4, -0.2) is 24.0 Å². The van der Waals surface area contributed by atoms with E-state index in [2.05, 4.69) is 57.3 Å². The molecule has 0 fully saturated rings. The van der Waals surface area contributed by atoms with Crippen molar-refractivity contribution in [3.8, 4) is 11.3 Å². The SMILES string of the molecule is CCCc1ccc(-c2cc(C(=O)Nc3sc4c(c3C(=O)OC)CC[C@@H](C(C)(C)C)C4)c3ccccc3n2)cc1. The largest absolute Gasteiger partial charge is 0.465 e. The van der Waals surface area contributed by atoms with Crippen molar-refractivity contribution in [1.82, 2.24) is 4.98 Å². The van der Waals surface area contributed by atoms with Crippen LogP contribution >= 0.6 is 11.3 Å². The fraction of sp³-hybridized carbons (Fsp3) is 0.364. The number of nitrogens with zero attached hydrogens (tertiary/aromatic N) is 1. The van der Waals surface area contributed by atoms with Crippen LogP contribution in [0.2, 0.25) is 0 Å². The summed E-state index contributed by atoms with van der Waals surface area (Å²) in [6.07, 6.45) is 4.85. The van der Waals surface area contributed by atoms with Gasteiger partial charge >= 0.3 is 5.97 Å². The van der Waals surface area contributed by atoms with Crippen LogP contribution in [0.25, 0.3) is 22.2 Å². The molecule has 0 radical (unpaired) electrons. The average Bonchev–Trinajstić information content (AvgIpc) is 3.29. The number of para-hydroxylation sites is 1. The van der Waals surface area contributed by atoms with Gasteiger partial charge in [-0.3, -0.25) is 4.79 Å². The number of nitrogens with one attached hydrogen (secondary N) is 1. The third-order valence-corrected chi connectivity index (χ3v) is 9.03. The summed E-state index contributed by atoms with van der Waals surface area (Å²) in [4.78, 5) is 32.8. The maximum atomic E-state index is 13.9. The highest BCUT2D eigenvalue weighted by Gasteiger charge is 2.34. The molecule has 2 aromatic heterocycles. The van der Waals surface area contributed by atoms with Gasteiger partial charge in [0.2, 0.25) is 0 Å². The van der Waals surface area contributed by atoms with Crippen LogP contribution in [0.3, 0.4) is 0 Å². The molecular formula is C33H36N2O3S. The van der Waals surface area contributed by atoms with Crippen LogP contribution in [0.4, 0.5) is 5.00 Å². The zero-order chi connectivity index (χ0) is 27.7. The normalized spacial score (nSPS) is 15.2. The van der Waals surface area contributed by atoms with E-state index in [0.717, 1.165) is 59.8 Å². The quantitative estimate of drug-likeness (QED) is 0.251. The smallest absolute Gasteiger partial charge is 0.341 e. The highest BCUT2D eigenvalue weighted by molar-refractivity contribution is 7.17. The van der Waals surface area contributed by atoms with E-state index >= 15 is 0 Å². The lowest BCUT2D eigenvalue weighted by atomic mass is 9.72. The Labute approximate surface area is 234 Å². The highest BCUT2D eigenvalue weighted by atomic mass is 32.1. The molecule has 6 heteroatoms. The molecule has 0 spiro atoms. The standard InChI is InChI=1S/C33H36N2O3S/c1-6-9-20-12-14-21(15-13-20)27-19-25(23-10-7-8-11-26(23)34-27)30(36)35-31-29(32(37)38-5)24-17-16-22(33(2,3)4)18-28(24)39-31/h7-8,10-15,19,22H,6,9,16-18H2,1-5H3,(H,35,36)/t22-/m1/s1. The van der Waals surface area contributed by atoms with E-state index in [1.807, 2.05) is 30.3 Å². The molecule has 0 bridgehead atoms. The molecule has 0 unspecified atom stereocenters. The number of esters is 1. The van der Waals surface area contributed by atoms with Gasteiger partial charge < -0.3 is 10.1 Å². The van der Waals surface area contributed by atoms with Gasteiger partial charge in [-0.05, 0) is 60.3 Å². The van der Waals surface area contributed by atoms with Crippen LogP contribution < -0.4 is 5.32 Å². The van der Waals surface area contributed by atoms with Gasteiger partial charge in [-0.25, -0.2) is 9.78 Å². The first-order valence-electron chi connectivity index (χ1n) is 13.7. The van der Waals surface area contributed by atoms with Crippen molar-refractivity contribution in [1.29, 1.82) is 0 Å². The van der Waals surface area contributed by atoms with E-state index in [1.54, 1.807) is 0 Å². The van der Waals surface area contributed by atoms with E-state index in [4.69, 9.17) is 9.72 Å². The maximum absolute atomic E-state index is 13.9. The number of ether oxygens (including phenoxy) is 1. The number of thiophene rings is 1. The van der Waals surface area contributed by atoms with E-state index in [0.29, 0.717) is 22.0 Å². The van der Waals surface area contributed by atoms with Gasteiger partial charge in [0, 0.05) is 15.8 Å². The number of anilines is 1. The van der Waals surface area contributed by atoms with Crippen LogP contribution in [0.15, 0.2) is 54.6 Å². The summed E-state index contributed by atoms with van der Waals surface area (Å²) in [5.41, 5.74) is 5.98. The summed E-state index contributed by atoms with van der Waals surface area (Å²) in [6.45, 7) is 8.97. The molecule has 1 atom stereocenters. The Morgan fingerprint density at radius 2 is 1.85 bits per heavy atom. The number of hydrogen-bond donors (Lipinski definition) is 1. The van der Waals surface area contributed by atoms with E-state index in [9.17, 15) is 9.59 Å². The Balaban J connectivity index is 1.53. The number of carbonyl (C=O) groups is 2. The highest BCUT2D eigenvalue weighted by Crippen LogP contribution is 2.44. The summed E-state index contributed by atoms with van der Waals surface area (Å²) in [5, 5.41) is 4.44. The number of pyridine rings is 1. The second-order valence-corrected chi connectivity index (χ2v) is 12.6. The number of amides is 1. The molecule has 2 aromatic carbocycles. The number of benzene rings is 2. The van der Waals surface area contributed by atoms with Gasteiger partial charge in [-0.2, -0.15) is 0 Å². The summed E-state index contributed by atoms with van der Waals surface area (Å²) in [6, 6.07) is 17.9. The van der Waals surface area contributed by atoms with Gasteiger partial charge in [0.25, 0.3) is 5.91 Å². The molecule has 5 nitrogen and oxygen atoms in total. The number of fused-ring (bicyclic) bond motifs is 2. The van der Waals surface area contributed by atoms with Crippen molar-refractivity contribution in [3.05, 3.63) is 81.7 Å². The Morgan fingerprint density at radius 1 is 1.10 bits per heavy atom. The first-order valence-corrected chi connectivity index (χ1v) is 14.5. The van der Waals surface area contributed by atoms with Crippen LogP contribution in [0, 0.1) is 11.3 Å². The van der Waals surface area contributed by atoms with Gasteiger partial charge in [0.05, 0.1) is 29.4 Å². The summed E-state index contributed by atoms with van der Waals surface area (Å²) in [5.74, 6) is -0.133. The zero-order valence-electron chi connectivity index (χ0n) is 23.4. The van der Waals surface area contributed by atoms with E-state index in [-0.39, 0.29) is 11.3 Å². The van der Waals surface area contributed by atoms with Crippen molar-refractivity contribution in [2.75, 3.05) is 12.4 Å². The molecule has 5 rings (SSSR count). The predicted octanol–water partition coefficient (Wildman–Crippen LogP) is 8.11. The molecular weight excluding hydrogens is 504 g/mol. The molecule has 1 amide bonds. The molecule has 0 saturated heterocycles. The predicted molar refractivity (Wildman–Crippen MR) is 160 cm³/mol. The van der Waals surface area contributed by atoms with Crippen LogP contribution in [0.1, 0.15) is 77.3 Å². The number of rotatable bonds is 6. The monoisotopic (exact) mass is 540 g/mol. The number of carbonyl (C=O) groups excluding carboxylic acids is 2. The summed E-state index contributed by atoms with van der Waals surface area (Å²) >= 11 is 1.51. The lowest BCUT2D eigenvalue weighted by molar-refractivity contribution is 0.0600. The second-order valence-electron chi connectivity index (χ2n) is 11.5. The Hall–Kier alpha value is -3.51. The Kier molecular flexibility index (Phi) is 7.59. The van der Waals surface area contributed by atoms with Crippen LogP contribution in [0.5, 0.6) is 0 Å². The van der Waals surface area contributed by atoms with E-state index in [1.165, 1.54) is 28.9 Å². The van der Waals surface area contributed by atoms with Crippen molar-refractivity contribution in [2.45, 2.75) is 59.8 Å². The second kappa shape index (κ2) is 10.9. The molecule has 1 aliphatic carbocycles. The van der Waals surface area contributed by atoms with Gasteiger partial charge in [0.15, 0.2) is 0 Å². The van der Waals surface area contributed by atoms with Crippen LogP contribution in [-0.2, 0) is 24.0 Å². The Bertz CT molecular complexity index is 1530. The van der Waals surface area contributed by atoms with Crippen molar-refractivity contribution < 1.29 is 14.3 Å². The lowest BCUT2D eigenvalue weighted by Crippen LogP contribution is -2.26. The molecule has 1 aliphatic rings. The number of methoxy groups -OCH3 is 1. The topological polar surface area (TPSA) is 68.3 Å². The summed E-state index contributed by atoms with van der Waals surface area (Å²) in [7, 11) is 1.40. The fourth-order valence-corrected chi connectivity index (χ4v) is 6.85. The molecule has 2 heterocycles. The third kappa shape index (κ3) is 5.48. The molecule has 0 aliphatic heterocycles. The molecule has 1 N–H and O–H groups in total. The molecule has 202 valence electrons. The van der Waals surface area contributed by atoms with Crippen molar-refractivity contribution in [3.63, 3.8) is 0 Å². The zero-order valence-corrected chi connectivity index (χ0v) is 24.2. The Morgan fingerprint density at radius 3 is 2.54 bits per heavy atom. The number of aryl methyl sites for hydroxylation is 1. The first-order chi connectivity index (χ1) is 18.7. The minimum atomic E-state index is -0.399. The van der Waals surface area contributed by atoms with Crippen molar-refractivity contribution >= 4 is 39.1 Å². The minimum Gasteiger partial charge on any atom is -0.465 e. The van der Waals surface area contributed by atoms with Gasteiger partial charge in [0.1, 0.15) is 5.00 Å². The minimum absolute atomic E-state index is 0.178. The molecule has 39 heavy (non-hydrogen) atoms. The number of aromatic nitrogens is 1. The maximum Gasteiger partial charge on any atom is 0.341 e.